The third-order valence-corrected chi connectivity index (χ3v) is 12.0. The van der Waals surface area contributed by atoms with Crippen molar-refractivity contribution in [3.05, 3.63) is 146 Å². The Kier molecular flexibility index (Phi) is 47.7. The molecule has 8 nitrogen and oxygen atoms in total. The second-order valence-electron chi connectivity index (χ2n) is 18.9. The minimum Gasteiger partial charge on any atom is -0.756 e. The van der Waals surface area contributed by atoms with Gasteiger partial charge < -0.3 is 28.8 Å². The minimum atomic E-state index is -4.59. The number of allylic oxidation sites excluding steroid dienone is 23. The number of aliphatic hydroxyl groups is 1. The largest absolute Gasteiger partial charge is 0.756 e. The Morgan fingerprint density at radius 3 is 1.27 bits per heavy atom. The van der Waals surface area contributed by atoms with E-state index in [1.807, 2.05) is 27.2 Å². The molecule has 0 aromatic heterocycles. The summed E-state index contributed by atoms with van der Waals surface area (Å²) in [5.41, 5.74) is 0. The molecule has 0 saturated heterocycles. The maximum absolute atomic E-state index is 12.8. The number of nitrogens with zero attached hydrogens (tertiary/aromatic N) is 1. The van der Waals surface area contributed by atoms with Gasteiger partial charge in [0.1, 0.15) is 13.2 Å². The number of carbonyl (C=O) groups is 1. The topological polar surface area (TPSA) is 108 Å². The van der Waals surface area contributed by atoms with Crippen molar-refractivity contribution in [2.24, 2.45) is 0 Å². The molecule has 0 aliphatic rings. The normalized spacial score (nSPS) is 15.1. The average Bonchev–Trinajstić information content (AvgIpc) is 3.32. The van der Waals surface area contributed by atoms with Gasteiger partial charge in [-0.15, -0.1) is 0 Å². The molecule has 0 spiro atoms. The van der Waals surface area contributed by atoms with E-state index in [-0.39, 0.29) is 12.5 Å². The van der Waals surface area contributed by atoms with Crippen LogP contribution in [0.3, 0.4) is 0 Å². The first-order valence-electron chi connectivity index (χ1n) is 27.2. The van der Waals surface area contributed by atoms with Gasteiger partial charge in [-0.2, -0.15) is 0 Å². The van der Waals surface area contributed by atoms with Crippen molar-refractivity contribution in [1.82, 2.24) is 5.32 Å². The molecule has 0 aliphatic carbocycles. The van der Waals surface area contributed by atoms with Gasteiger partial charge in [-0.25, -0.2) is 0 Å². The molecule has 0 aromatic carbocycles. The van der Waals surface area contributed by atoms with Gasteiger partial charge in [0.15, 0.2) is 0 Å². The van der Waals surface area contributed by atoms with E-state index >= 15 is 0 Å². The van der Waals surface area contributed by atoms with Crippen molar-refractivity contribution < 1.29 is 32.9 Å². The smallest absolute Gasteiger partial charge is 0.268 e. The predicted molar refractivity (Wildman–Crippen MR) is 301 cm³/mol. The molecule has 2 N–H and O–H groups in total. The molecule has 0 rings (SSSR count). The molecule has 0 radical (unpaired) electrons. The van der Waals surface area contributed by atoms with Crippen molar-refractivity contribution >= 4 is 13.7 Å². The lowest BCUT2D eigenvalue weighted by atomic mass is 10.1. The van der Waals surface area contributed by atoms with Crippen LogP contribution in [0.4, 0.5) is 0 Å². The van der Waals surface area contributed by atoms with Gasteiger partial charge in [0.25, 0.3) is 7.82 Å². The molecule has 0 fully saturated rings. The predicted octanol–water partition coefficient (Wildman–Crippen LogP) is 15.9. The van der Waals surface area contributed by atoms with E-state index < -0.39 is 26.6 Å². The van der Waals surface area contributed by atoms with Crippen LogP contribution in [0.5, 0.6) is 0 Å². The summed E-state index contributed by atoms with van der Waals surface area (Å²) in [7, 11) is 1.23. The third kappa shape index (κ3) is 52.2. The molecule has 0 bridgehead atoms. The zero-order valence-corrected chi connectivity index (χ0v) is 45.8. The summed E-state index contributed by atoms with van der Waals surface area (Å²) in [6.07, 6.45) is 78.1. The number of rotatable bonds is 47. The second-order valence-corrected chi connectivity index (χ2v) is 20.3. The maximum atomic E-state index is 12.8. The average molecular weight is 989 g/mol. The summed E-state index contributed by atoms with van der Waals surface area (Å²) >= 11 is 0. The number of unbranched alkanes of at least 4 members (excludes halogenated alkanes) is 12. The fourth-order valence-electron chi connectivity index (χ4n) is 6.80. The minimum absolute atomic E-state index is 0.0113. The fourth-order valence-corrected chi connectivity index (χ4v) is 7.52. The number of phosphoric acid groups is 1. The number of aliphatic hydroxyl groups excluding tert-OH is 1. The fraction of sp³-hybridized carbons (Fsp3) is 0.590. The first-order chi connectivity index (χ1) is 34.0. The van der Waals surface area contributed by atoms with E-state index in [4.69, 9.17) is 9.05 Å². The van der Waals surface area contributed by atoms with Crippen LogP contribution in [0, 0.1) is 0 Å². The number of phosphoric ester groups is 1. The Hall–Kier alpha value is -3.62. The molecule has 9 heteroatoms. The summed E-state index contributed by atoms with van der Waals surface area (Å²) in [6.45, 7) is 4.42. The van der Waals surface area contributed by atoms with Gasteiger partial charge in [0.05, 0.1) is 39.9 Å². The SMILES string of the molecule is CC/C=C\C/C=C\C/C=C\C/C=C\C/C=C\C/C=C\C/C=C\C/C=C\C/C=C\C/C=C\C/C=C\CCCCCCCCCC(=O)NC(COP(=O)([O-])OCC[N+](C)(C)C)C(O)/C=C/CCCCCCC. The van der Waals surface area contributed by atoms with E-state index in [1.165, 1.54) is 38.5 Å². The number of nitrogens with one attached hydrogen (secondary N) is 1. The Balaban J connectivity index is 4.03. The first-order valence-corrected chi connectivity index (χ1v) is 28.7. The third-order valence-electron chi connectivity index (χ3n) is 11.1. The molecule has 0 heterocycles. The van der Waals surface area contributed by atoms with Crippen LogP contribution in [-0.4, -0.2) is 68.5 Å². The first kappa shape index (κ1) is 66.4. The molecule has 70 heavy (non-hydrogen) atoms. The summed E-state index contributed by atoms with van der Waals surface area (Å²) < 4.78 is 23.1. The molecule has 0 aliphatic heterocycles. The van der Waals surface area contributed by atoms with E-state index in [0.29, 0.717) is 17.4 Å². The van der Waals surface area contributed by atoms with E-state index in [2.05, 4.69) is 153 Å². The lowest BCUT2D eigenvalue weighted by molar-refractivity contribution is -0.870. The van der Waals surface area contributed by atoms with E-state index in [9.17, 15) is 19.4 Å². The standard InChI is InChI=1S/C61H101N2O6P/c1-6-8-10-12-14-15-16-17-18-19-20-21-22-23-24-25-26-27-28-29-30-31-32-33-34-35-36-37-38-39-40-41-42-43-44-45-46-47-49-51-53-55-61(65)62-59(60(64)54-52-50-48-13-11-9-7-2)58-69-70(66,67)68-57-56-63(3,4)5/h8,10,14-15,17-18,20-21,23-24,26-27,29-30,32-33,35-36,38-39,41-42,52,54,59-60,64H,6-7,9,11-13,16,19,22,25,28,31,34,37,40,43-51,53,55-58H2,1-5H3,(H-,62,65,66,67)/b10-8-,15-14-,18-17-,21-20-,24-23-,27-26-,30-29-,33-32-,36-35-,39-38-,42-41-,54-52+. The van der Waals surface area contributed by atoms with Crippen molar-refractivity contribution in [3.8, 4) is 0 Å². The van der Waals surface area contributed by atoms with Crippen LogP contribution in [0.1, 0.15) is 181 Å². The number of carbonyl (C=O) groups excluding carboxylic acids is 1. The number of likely N-dealkylation sites (N-methyl/N-ethyl adjacent to an activating group) is 1. The van der Waals surface area contributed by atoms with Crippen LogP contribution >= 0.6 is 7.82 Å². The molecular weight excluding hydrogens is 888 g/mol. The van der Waals surface area contributed by atoms with Crippen molar-refractivity contribution in [3.63, 3.8) is 0 Å². The Morgan fingerprint density at radius 1 is 0.514 bits per heavy atom. The van der Waals surface area contributed by atoms with Crippen LogP contribution in [0.15, 0.2) is 146 Å². The van der Waals surface area contributed by atoms with Crippen LogP contribution in [0.25, 0.3) is 0 Å². The molecule has 0 aromatic rings. The Labute approximate surface area is 429 Å². The number of hydrogen-bond donors (Lipinski definition) is 2. The molecule has 3 atom stereocenters. The lowest BCUT2D eigenvalue weighted by Gasteiger charge is -2.29. The van der Waals surface area contributed by atoms with Crippen molar-refractivity contribution in [2.45, 2.75) is 193 Å². The van der Waals surface area contributed by atoms with Gasteiger partial charge in [0.2, 0.25) is 5.91 Å². The monoisotopic (exact) mass is 989 g/mol. The van der Waals surface area contributed by atoms with Gasteiger partial charge in [-0.1, -0.05) is 217 Å². The Bertz CT molecular complexity index is 1640. The van der Waals surface area contributed by atoms with Gasteiger partial charge >= 0.3 is 0 Å². The summed E-state index contributed by atoms with van der Waals surface area (Å²) in [5, 5.41) is 13.7. The molecule has 1 amide bonds. The summed E-state index contributed by atoms with van der Waals surface area (Å²) in [4.78, 5) is 25.2. The molecule has 0 saturated carbocycles. The van der Waals surface area contributed by atoms with Crippen LogP contribution in [0.2, 0.25) is 0 Å². The van der Waals surface area contributed by atoms with E-state index in [1.54, 1.807) is 6.08 Å². The quantitative estimate of drug-likeness (QED) is 0.0272. The van der Waals surface area contributed by atoms with Crippen LogP contribution < -0.4 is 10.2 Å². The summed E-state index contributed by atoms with van der Waals surface area (Å²) in [6, 6.07) is -0.899. The molecule has 396 valence electrons. The van der Waals surface area contributed by atoms with Gasteiger partial charge in [-0.05, 0) is 103 Å². The van der Waals surface area contributed by atoms with Crippen molar-refractivity contribution in [2.75, 3.05) is 40.9 Å². The second kappa shape index (κ2) is 50.3. The van der Waals surface area contributed by atoms with Crippen molar-refractivity contribution in [1.29, 1.82) is 0 Å². The highest BCUT2D eigenvalue weighted by atomic mass is 31.2. The van der Waals surface area contributed by atoms with E-state index in [0.717, 1.165) is 122 Å². The summed E-state index contributed by atoms with van der Waals surface area (Å²) in [5.74, 6) is -0.221. The highest BCUT2D eigenvalue weighted by molar-refractivity contribution is 7.45. The highest BCUT2D eigenvalue weighted by Gasteiger charge is 2.23. The number of hydrogen-bond acceptors (Lipinski definition) is 6. The number of quaternary nitrogens is 1. The van der Waals surface area contributed by atoms with Gasteiger partial charge in [-0.3, -0.25) is 9.36 Å². The van der Waals surface area contributed by atoms with Crippen LogP contribution in [-0.2, 0) is 18.4 Å². The van der Waals surface area contributed by atoms with Gasteiger partial charge in [0, 0.05) is 6.42 Å². The zero-order chi connectivity index (χ0) is 51.3. The lowest BCUT2D eigenvalue weighted by Crippen LogP contribution is -2.45. The maximum Gasteiger partial charge on any atom is 0.268 e. The Morgan fingerprint density at radius 2 is 0.871 bits per heavy atom. The number of amides is 1. The molecular formula is C61H101N2O6P. The zero-order valence-electron chi connectivity index (χ0n) is 44.9. The highest BCUT2D eigenvalue weighted by Crippen LogP contribution is 2.38. The molecule has 3 unspecified atom stereocenters.